The first-order valence-corrected chi connectivity index (χ1v) is 10.1. The van der Waals surface area contributed by atoms with Crippen molar-refractivity contribution in [2.75, 3.05) is 0 Å². The van der Waals surface area contributed by atoms with E-state index in [1.165, 1.54) is 4.57 Å². The molecule has 0 aliphatic carbocycles. The average Bonchev–Trinajstić information content (AvgIpc) is 3.07. The number of hydrogen-bond donors (Lipinski definition) is 1. The third-order valence-electron chi connectivity index (χ3n) is 4.89. The number of benzene rings is 2. The Hall–Kier alpha value is -3.35. The monoisotopic (exact) mass is 410 g/mol. The summed E-state index contributed by atoms with van der Waals surface area (Å²) in [5.74, 6) is -1.43. The Kier molecular flexibility index (Phi) is 7.06. The van der Waals surface area contributed by atoms with E-state index in [1.54, 1.807) is 31.2 Å². The van der Waals surface area contributed by atoms with E-state index in [0.29, 0.717) is 11.1 Å². The van der Waals surface area contributed by atoms with E-state index in [9.17, 15) is 14.4 Å². The van der Waals surface area contributed by atoms with E-state index >= 15 is 0 Å². The fourth-order valence-electron chi connectivity index (χ4n) is 3.32. The highest BCUT2D eigenvalue weighted by Gasteiger charge is 2.22. The molecule has 1 aromatic heterocycles. The number of para-hydroxylation sites is 2. The van der Waals surface area contributed by atoms with Crippen LogP contribution in [0.3, 0.4) is 0 Å². The van der Waals surface area contributed by atoms with Gasteiger partial charge in [0.05, 0.1) is 18.0 Å². The third kappa shape index (κ3) is 5.17. The Morgan fingerprint density at radius 2 is 1.80 bits per heavy atom. The van der Waals surface area contributed by atoms with Crippen molar-refractivity contribution < 1.29 is 18.7 Å². The Bertz CT molecular complexity index is 1050. The number of aromatic nitrogens is 1. The van der Waals surface area contributed by atoms with E-state index in [0.717, 1.165) is 18.4 Å². The molecule has 1 amide bonds. The van der Waals surface area contributed by atoms with Crippen LogP contribution in [0.25, 0.3) is 11.1 Å². The van der Waals surface area contributed by atoms with Gasteiger partial charge in [-0.2, -0.15) is 0 Å². The summed E-state index contributed by atoms with van der Waals surface area (Å²) in [6.45, 7) is 3.71. The van der Waals surface area contributed by atoms with Crippen molar-refractivity contribution in [1.29, 1.82) is 0 Å². The molecule has 2 aromatic carbocycles. The summed E-state index contributed by atoms with van der Waals surface area (Å²) in [5, 5.41) is 2.96. The molecule has 0 spiro atoms. The molecule has 0 radical (unpaired) electrons. The van der Waals surface area contributed by atoms with Crippen molar-refractivity contribution in [3.63, 3.8) is 0 Å². The summed E-state index contributed by atoms with van der Waals surface area (Å²) in [6, 6.07) is 16.6. The van der Waals surface area contributed by atoms with Crippen LogP contribution >= 0.6 is 0 Å². The maximum absolute atomic E-state index is 12.5. The first-order valence-electron chi connectivity index (χ1n) is 10.1. The molecule has 158 valence electrons. The number of carbonyl (C=O) groups is 2. The van der Waals surface area contributed by atoms with Gasteiger partial charge in [0.25, 0.3) is 5.91 Å². The van der Waals surface area contributed by atoms with E-state index in [-0.39, 0.29) is 24.9 Å². The fourth-order valence-corrected chi connectivity index (χ4v) is 3.32. The minimum atomic E-state index is -0.932. The van der Waals surface area contributed by atoms with E-state index < -0.39 is 17.8 Å². The van der Waals surface area contributed by atoms with Crippen molar-refractivity contribution >= 4 is 23.0 Å². The lowest BCUT2D eigenvalue weighted by Crippen LogP contribution is -2.38. The predicted molar refractivity (Wildman–Crippen MR) is 113 cm³/mol. The van der Waals surface area contributed by atoms with Crippen LogP contribution in [0.5, 0.6) is 0 Å². The van der Waals surface area contributed by atoms with Crippen LogP contribution < -0.4 is 11.1 Å². The minimum Gasteiger partial charge on any atom is -0.452 e. The zero-order chi connectivity index (χ0) is 21.5. The van der Waals surface area contributed by atoms with Crippen LogP contribution in [0.1, 0.15) is 44.7 Å². The zero-order valence-electron chi connectivity index (χ0n) is 17.2. The summed E-state index contributed by atoms with van der Waals surface area (Å²) in [5.41, 5.74) is 2.09. The largest absolute Gasteiger partial charge is 0.452 e. The van der Waals surface area contributed by atoms with Gasteiger partial charge in [-0.1, -0.05) is 55.8 Å². The Balaban J connectivity index is 1.56. The van der Waals surface area contributed by atoms with Crippen molar-refractivity contribution in [3.05, 3.63) is 70.7 Å². The Morgan fingerprint density at radius 3 is 2.53 bits per heavy atom. The molecule has 0 saturated carbocycles. The second-order valence-corrected chi connectivity index (χ2v) is 7.13. The third-order valence-corrected chi connectivity index (χ3v) is 4.89. The molecule has 3 aromatic rings. The summed E-state index contributed by atoms with van der Waals surface area (Å²) in [7, 11) is 0. The lowest BCUT2D eigenvalue weighted by molar-refractivity contribution is -0.155. The summed E-state index contributed by atoms with van der Waals surface area (Å²) >= 11 is 0. The average molecular weight is 410 g/mol. The SMILES string of the molecule is CCC[C@@H](NC(=O)[C@@H](C)OC(=O)CCn1c(=O)oc2ccccc21)c1ccccc1. The molecule has 30 heavy (non-hydrogen) atoms. The molecule has 0 bridgehead atoms. The molecular weight excluding hydrogens is 384 g/mol. The predicted octanol–water partition coefficient (Wildman–Crippen LogP) is 3.57. The highest BCUT2D eigenvalue weighted by atomic mass is 16.5. The maximum Gasteiger partial charge on any atom is 0.419 e. The number of rotatable bonds is 9. The van der Waals surface area contributed by atoms with Gasteiger partial charge >= 0.3 is 11.7 Å². The molecule has 7 nitrogen and oxygen atoms in total. The summed E-state index contributed by atoms with van der Waals surface area (Å²) in [4.78, 5) is 36.8. The van der Waals surface area contributed by atoms with Gasteiger partial charge in [-0.15, -0.1) is 0 Å². The Morgan fingerprint density at radius 1 is 1.10 bits per heavy atom. The normalized spacial score (nSPS) is 13.0. The number of ether oxygens (including phenoxy) is 1. The van der Waals surface area contributed by atoms with Crippen LogP contribution in [-0.4, -0.2) is 22.5 Å². The van der Waals surface area contributed by atoms with Crippen LogP contribution in [-0.2, 0) is 20.9 Å². The number of aryl methyl sites for hydroxylation is 1. The molecular formula is C23H26N2O5. The molecule has 0 saturated heterocycles. The van der Waals surface area contributed by atoms with E-state index in [1.807, 2.05) is 37.3 Å². The first kappa shape index (κ1) is 21.4. The molecule has 0 aliphatic heterocycles. The van der Waals surface area contributed by atoms with Crippen LogP contribution in [0.4, 0.5) is 0 Å². The summed E-state index contributed by atoms with van der Waals surface area (Å²) < 4.78 is 11.8. The van der Waals surface area contributed by atoms with E-state index in [4.69, 9.17) is 9.15 Å². The molecule has 0 fully saturated rings. The smallest absolute Gasteiger partial charge is 0.419 e. The highest BCUT2D eigenvalue weighted by molar-refractivity contribution is 5.83. The molecule has 1 heterocycles. The van der Waals surface area contributed by atoms with Crippen LogP contribution in [0.2, 0.25) is 0 Å². The van der Waals surface area contributed by atoms with Gasteiger partial charge in [0.2, 0.25) is 0 Å². The minimum absolute atomic E-state index is 0.0435. The topological polar surface area (TPSA) is 90.5 Å². The van der Waals surface area contributed by atoms with Gasteiger partial charge in [0.1, 0.15) is 0 Å². The van der Waals surface area contributed by atoms with Crippen molar-refractivity contribution in [2.24, 2.45) is 0 Å². The number of amides is 1. The molecule has 0 aliphatic rings. The number of nitrogens with zero attached hydrogens (tertiary/aromatic N) is 1. The standard InChI is InChI=1S/C23H26N2O5/c1-3-9-18(17-10-5-4-6-11-17)24-22(27)16(2)29-21(26)14-15-25-19-12-7-8-13-20(19)30-23(25)28/h4-8,10-13,16,18H,3,9,14-15H2,1-2H3,(H,24,27)/t16-,18-/m1/s1. The molecule has 1 N–H and O–H groups in total. The number of oxazole rings is 1. The Labute approximate surface area is 174 Å². The number of carbonyl (C=O) groups excluding carboxylic acids is 2. The van der Waals surface area contributed by atoms with Crippen molar-refractivity contribution in [2.45, 2.75) is 51.8 Å². The molecule has 3 rings (SSSR count). The number of hydrogen-bond acceptors (Lipinski definition) is 5. The lowest BCUT2D eigenvalue weighted by atomic mass is 10.0. The highest BCUT2D eigenvalue weighted by Crippen LogP contribution is 2.18. The second kappa shape index (κ2) is 9.91. The van der Waals surface area contributed by atoms with Crippen LogP contribution in [0.15, 0.2) is 63.8 Å². The van der Waals surface area contributed by atoms with Gasteiger partial charge < -0.3 is 14.5 Å². The van der Waals surface area contributed by atoms with Gasteiger partial charge in [0.15, 0.2) is 11.7 Å². The fraction of sp³-hybridized carbons (Fsp3) is 0.348. The number of fused-ring (bicyclic) bond motifs is 1. The molecule has 2 atom stereocenters. The van der Waals surface area contributed by atoms with Crippen molar-refractivity contribution in [1.82, 2.24) is 9.88 Å². The van der Waals surface area contributed by atoms with Gasteiger partial charge in [-0.05, 0) is 31.0 Å². The van der Waals surface area contributed by atoms with Crippen LogP contribution in [0, 0.1) is 0 Å². The lowest BCUT2D eigenvalue weighted by Gasteiger charge is -2.21. The van der Waals surface area contributed by atoms with Crippen molar-refractivity contribution in [3.8, 4) is 0 Å². The van der Waals surface area contributed by atoms with Gasteiger partial charge in [-0.3, -0.25) is 14.2 Å². The quantitative estimate of drug-likeness (QED) is 0.545. The number of nitrogens with one attached hydrogen (secondary N) is 1. The maximum atomic E-state index is 12.5. The second-order valence-electron chi connectivity index (χ2n) is 7.13. The number of esters is 1. The molecule has 7 heteroatoms. The van der Waals surface area contributed by atoms with Gasteiger partial charge in [0, 0.05) is 6.54 Å². The zero-order valence-corrected chi connectivity index (χ0v) is 17.2. The molecule has 0 unspecified atom stereocenters. The van der Waals surface area contributed by atoms with Gasteiger partial charge in [-0.25, -0.2) is 4.79 Å². The summed E-state index contributed by atoms with van der Waals surface area (Å²) in [6.07, 6.45) is 0.713. The van der Waals surface area contributed by atoms with E-state index in [2.05, 4.69) is 5.32 Å². The first-order chi connectivity index (χ1) is 14.5.